The summed E-state index contributed by atoms with van der Waals surface area (Å²) in [5.74, 6) is 0.881. The van der Waals surface area contributed by atoms with Gasteiger partial charge in [0, 0.05) is 24.9 Å². The second-order valence-electron chi connectivity index (χ2n) is 6.35. The molecule has 0 radical (unpaired) electrons. The minimum absolute atomic E-state index is 0.367. The molecule has 3 fully saturated rings. The predicted molar refractivity (Wildman–Crippen MR) is 72.1 cm³/mol. The van der Waals surface area contributed by atoms with Crippen molar-refractivity contribution in [3.63, 3.8) is 0 Å². The fourth-order valence-electron chi connectivity index (χ4n) is 3.54. The Bertz CT molecular complexity index is 456. The van der Waals surface area contributed by atoms with Crippen LogP contribution in [0.3, 0.4) is 0 Å². The van der Waals surface area contributed by atoms with E-state index in [0.29, 0.717) is 31.0 Å². The molecule has 2 atom stereocenters. The van der Waals surface area contributed by atoms with Gasteiger partial charge in [0.2, 0.25) is 0 Å². The van der Waals surface area contributed by atoms with Crippen molar-refractivity contribution in [3.8, 4) is 5.75 Å². The fraction of sp³-hybridized carbons (Fsp3) is 0.625. The van der Waals surface area contributed by atoms with Crippen molar-refractivity contribution < 1.29 is 9.13 Å². The summed E-state index contributed by atoms with van der Waals surface area (Å²) in [4.78, 5) is 0. The molecule has 1 N–H and O–H groups in total. The Balaban J connectivity index is 1.53. The number of benzene rings is 1. The van der Waals surface area contributed by atoms with E-state index in [1.807, 2.05) is 24.3 Å². The van der Waals surface area contributed by atoms with Gasteiger partial charge in [0.05, 0.1) is 6.10 Å². The lowest BCUT2D eigenvalue weighted by atomic mass is 9.83. The third-order valence-corrected chi connectivity index (χ3v) is 4.67. The molecule has 0 aromatic heterocycles. The summed E-state index contributed by atoms with van der Waals surface area (Å²) >= 11 is 0. The standard InChI is InChI=1S/C16H20FNO/c17-16(9-12-3-4-13(10-16)18-12)11-1-5-14(6-2-11)19-15-7-8-15/h1-2,5-6,12-13,15,18H,3-4,7-10H2. The lowest BCUT2D eigenvalue weighted by Gasteiger charge is -2.35. The lowest BCUT2D eigenvalue weighted by molar-refractivity contribution is 0.0873. The number of piperidine rings is 1. The van der Waals surface area contributed by atoms with E-state index in [9.17, 15) is 0 Å². The first-order valence-electron chi connectivity index (χ1n) is 7.43. The molecule has 1 aromatic rings. The minimum atomic E-state index is -1.14. The molecular weight excluding hydrogens is 241 g/mol. The molecule has 4 rings (SSSR count). The molecular formula is C16H20FNO. The quantitative estimate of drug-likeness (QED) is 0.901. The molecule has 3 aliphatic rings. The molecule has 2 unspecified atom stereocenters. The third kappa shape index (κ3) is 2.25. The van der Waals surface area contributed by atoms with Crippen LogP contribution < -0.4 is 10.1 Å². The number of fused-ring (bicyclic) bond motifs is 2. The van der Waals surface area contributed by atoms with E-state index in [0.717, 1.165) is 37.0 Å². The highest BCUT2D eigenvalue weighted by atomic mass is 19.1. The van der Waals surface area contributed by atoms with Crippen molar-refractivity contribution in [2.45, 2.75) is 62.4 Å². The average Bonchev–Trinajstić information content (AvgIpc) is 3.14. The van der Waals surface area contributed by atoms with Gasteiger partial charge in [0.15, 0.2) is 0 Å². The summed E-state index contributed by atoms with van der Waals surface area (Å²) in [5, 5.41) is 3.50. The SMILES string of the molecule is FC1(c2ccc(OC3CC3)cc2)CC2CCC(C1)N2. The van der Waals surface area contributed by atoms with E-state index < -0.39 is 5.67 Å². The molecule has 3 heteroatoms. The van der Waals surface area contributed by atoms with Gasteiger partial charge in [-0.15, -0.1) is 0 Å². The van der Waals surface area contributed by atoms with Crippen molar-refractivity contribution in [3.05, 3.63) is 29.8 Å². The van der Waals surface area contributed by atoms with Gasteiger partial charge in [-0.25, -0.2) is 4.39 Å². The lowest BCUT2D eigenvalue weighted by Crippen LogP contribution is -2.44. The maximum Gasteiger partial charge on any atom is 0.139 e. The molecule has 2 saturated heterocycles. The summed E-state index contributed by atoms with van der Waals surface area (Å²) < 4.78 is 20.9. The Morgan fingerprint density at radius 1 is 1.00 bits per heavy atom. The predicted octanol–water partition coefficient (Wildman–Crippen LogP) is 3.31. The molecule has 0 spiro atoms. The van der Waals surface area contributed by atoms with Gasteiger partial charge in [-0.3, -0.25) is 0 Å². The molecule has 2 aliphatic heterocycles. The van der Waals surface area contributed by atoms with Crippen LogP contribution in [0.1, 0.15) is 44.1 Å². The number of rotatable bonds is 3. The Kier molecular flexibility index (Phi) is 2.59. The van der Waals surface area contributed by atoms with Gasteiger partial charge < -0.3 is 10.1 Å². The Hall–Kier alpha value is -1.09. The van der Waals surface area contributed by atoms with Crippen LogP contribution in [0.25, 0.3) is 0 Å². The van der Waals surface area contributed by atoms with Gasteiger partial charge >= 0.3 is 0 Å². The van der Waals surface area contributed by atoms with Crippen molar-refractivity contribution in [2.24, 2.45) is 0 Å². The van der Waals surface area contributed by atoms with Crippen molar-refractivity contribution >= 4 is 0 Å². The molecule has 2 heterocycles. The van der Waals surface area contributed by atoms with Gasteiger partial charge in [-0.2, -0.15) is 0 Å². The zero-order chi connectivity index (χ0) is 12.9. The second kappa shape index (κ2) is 4.20. The highest BCUT2D eigenvalue weighted by Gasteiger charge is 2.45. The first-order chi connectivity index (χ1) is 9.21. The number of hydrogen-bond donors (Lipinski definition) is 1. The zero-order valence-electron chi connectivity index (χ0n) is 11.1. The van der Waals surface area contributed by atoms with Crippen LogP contribution in [-0.4, -0.2) is 18.2 Å². The van der Waals surface area contributed by atoms with Crippen molar-refractivity contribution in [1.82, 2.24) is 5.32 Å². The molecule has 2 nitrogen and oxygen atoms in total. The summed E-state index contributed by atoms with van der Waals surface area (Å²) in [7, 11) is 0. The van der Waals surface area contributed by atoms with E-state index in [1.54, 1.807) is 0 Å². The van der Waals surface area contributed by atoms with Crippen molar-refractivity contribution in [2.75, 3.05) is 0 Å². The average molecular weight is 261 g/mol. The zero-order valence-corrected chi connectivity index (χ0v) is 11.1. The number of ether oxygens (including phenoxy) is 1. The number of halogens is 1. The number of alkyl halides is 1. The smallest absolute Gasteiger partial charge is 0.139 e. The minimum Gasteiger partial charge on any atom is -0.490 e. The van der Waals surface area contributed by atoms with Crippen LogP contribution >= 0.6 is 0 Å². The fourth-order valence-corrected chi connectivity index (χ4v) is 3.54. The Labute approximate surface area is 113 Å². The first kappa shape index (κ1) is 11.7. The monoisotopic (exact) mass is 261 g/mol. The summed E-state index contributed by atoms with van der Waals surface area (Å²) in [6.07, 6.45) is 6.20. The van der Waals surface area contributed by atoms with E-state index in [4.69, 9.17) is 4.74 Å². The summed E-state index contributed by atoms with van der Waals surface area (Å²) in [6, 6.07) is 8.43. The third-order valence-electron chi connectivity index (χ3n) is 4.67. The van der Waals surface area contributed by atoms with Gasteiger partial charge in [0.1, 0.15) is 11.4 Å². The van der Waals surface area contributed by atoms with Crippen LogP contribution in [0.15, 0.2) is 24.3 Å². The number of nitrogens with one attached hydrogen (secondary N) is 1. The van der Waals surface area contributed by atoms with Crippen LogP contribution in [0, 0.1) is 0 Å². The van der Waals surface area contributed by atoms with E-state index in [-0.39, 0.29) is 0 Å². The van der Waals surface area contributed by atoms with Gasteiger partial charge in [-0.05, 0) is 43.4 Å². The van der Waals surface area contributed by atoms with E-state index >= 15 is 4.39 Å². The van der Waals surface area contributed by atoms with Crippen LogP contribution in [0.5, 0.6) is 5.75 Å². The molecule has 1 saturated carbocycles. The Morgan fingerprint density at radius 3 is 2.21 bits per heavy atom. The van der Waals surface area contributed by atoms with E-state index in [1.165, 1.54) is 0 Å². The van der Waals surface area contributed by atoms with Crippen LogP contribution in [0.4, 0.5) is 4.39 Å². The normalized spacial score (nSPS) is 37.3. The Morgan fingerprint density at radius 2 is 1.63 bits per heavy atom. The molecule has 0 amide bonds. The number of hydrogen-bond acceptors (Lipinski definition) is 2. The summed E-state index contributed by atoms with van der Waals surface area (Å²) in [5.41, 5.74) is -0.316. The highest BCUT2D eigenvalue weighted by Crippen LogP contribution is 2.44. The maximum atomic E-state index is 15.2. The molecule has 1 aliphatic carbocycles. The molecule has 102 valence electrons. The highest BCUT2D eigenvalue weighted by molar-refractivity contribution is 5.32. The summed E-state index contributed by atoms with van der Waals surface area (Å²) in [6.45, 7) is 0. The van der Waals surface area contributed by atoms with Crippen molar-refractivity contribution in [1.29, 1.82) is 0 Å². The van der Waals surface area contributed by atoms with Gasteiger partial charge in [0.25, 0.3) is 0 Å². The largest absolute Gasteiger partial charge is 0.490 e. The van der Waals surface area contributed by atoms with Gasteiger partial charge in [-0.1, -0.05) is 12.1 Å². The van der Waals surface area contributed by atoms with Crippen LogP contribution in [0.2, 0.25) is 0 Å². The first-order valence-corrected chi connectivity index (χ1v) is 7.43. The molecule has 1 aromatic carbocycles. The molecule has 2 bridgehead atoms. The second-order valence-corrected chi connectivity index (χ2v) is 6.35. The van der Waals surface area contributed by atoms with E-state index in [2.05, 4.69) is 5.32 Å². The topological polar surface area (TPSA) is 21.3 Å². The van der Waals surface area contributed by atoms with Crippen LogP contribution in [-0.2, 0) is 5.67 Å². The molecule has 19 heavy (non-hydrogen) atoms. The maximum absolute atomic E-state index is 15.2.